The van der Waals surface area contributed by atoms with E-state index in [4.69, 9.17) is 16.7 Å². The first-order chi connectivity index (χ1) is 7.50. The highest BCUT2D eigenvalue weighted by molar-refractivity contribution is 6.30. The fourth-order valence-electron chi connectivity index (χ4n) is 1.22. The van der Waals surface area contributed by atoms with Crippen molar-refractivity contribution >= 4 is 17.6 Å². The van der Waals surface area contributed by atoms with Crippen LogP contribution in [-0.4, -0.2) is 17.6 Å². The quantitative estimate of drug-likeness (QED) is 0.777. The van der Waals surface area contributed by atoms with Gasteiger partial charge in [0.05, 0.1) is 0 Å². The molecule has 0 fully saturated rings. The van der Waals surface area contributed by atoms with Crippen LogP contribution in [0.3, 0.4) is 0 Å². The molecule has 0 aromatic heterocycles. The van der Waals surface area contributed by atoms with Gasteiger partial charge in [0.1, 0.15) is 0 Å². The van der Waals surface area contributed by atoms with Gasteiger partial charge in [-0.25, -0.2) is 4.79 Å². The van der Waals surface area contributed by atoms with E-state index in [1.54, 1.807) is 12.1 Å². The third kappa shape index (κ3) is 3.68. The lowest BCUT2D eigenvalue weighted by molar-refractivity contribution is -0.132. The largest absolute Gasteiger partial charge is 0.478 e. The maximum Gasteiger partial charge on any atom is 0.332 e. The van der Waals surface area contributed by atoms with Gasteiger partial charge in [0.2, 0.25) is 0 Å². The monoisotopic (exact) mass is 239 g/mol. The SMILES string of the molecule is C=C(CNC(C)c1ccc(Cl)cc1)C(=O)O. The van der Waals surface area contributed by atoms with Crippen molar-refractivity contribution < 1.29 is 9.90 Å². The number of carbonyl (C=O) groups is 1. The van der Waals surface area contributed by atoms with Gasteiger partial charge >= 0.3 is 5.97 Å². The molecule has 1 aromatic carbocycles. The van der Waals surface area contributed by atoms with Crippen LogP contribution in [0.4, 0.5) is 0 Å². The van der Waals surface area contributed by atoms with Gasteiger partial charge in [0.25, 0.3) is 0 Å². The molecule has 3 nitrogen and oxygen atoms in total. The maximum absolute atomic E-state index is 10.5. The van der Waals surface area contributed by atoms with Crippen LogP contribution in [0.15, 0.2) is 36.4 Å². The summed E-state index contributed by atoms with van der Waals surface area (Å²) in [7, 11) is 0. The molecule has 0 aliphatic carbocycles. The minimum atomic E-state index is -0.976. The van der Waals surface area contributed by atoms with Gasteiger partial charge in [-0.2, -0.15) is 0 Å². The number of carboxylic acid groups (broad SMARTS) is 1. The second-order valence-corrected chi connectivity index (χ2v) is 4.00. The topological polar surface area (TPSA) is 49.3 Å². The molecular formula is C12H14ClNO2. The Morgan fingerprint density at radius 3 is 2.56 bits per heavy atom. The normalized spacial score (nSPS) is 12.1. The zero-order valence-electron chi connectivity index (χ0n) is 9.03. The minimum Gasteiger partial charge on any atom is -0.478 e. The predicted molar refractivity (Wildman–Crippen MR) is 64.6 cm³/mol. The van der Waals surface area contributed by atoms with Crippen LogP contribution in [-0.2, 0) is 4.79 Å². The minimum absolute atomic E-state index is 0.0633. The Hall–Kier alpha value is -1.32. The molecule has 1 atom stereocenters. The summed E-state index contributed by atoms with van der Waals surface area (Å²) in [4.78, 5) is 10.5. The highest BCUT2D eigenvalue weighted by atomic mass is 35.5. The fraction of sp³-hybridized carbons (Fsp3) is 0.250. The van der Waals surface area contributed by atoms with Crippen molar-refractivity contribution in [1.29, 1.82) is 0 Å². The molecule has 0 aliphatic heterocycles. The molecule has 4 heteroatoms. The van der Waals surface area contributed by atoms with Gasteiger partial charge in [-0.3, -0.25) is 0 Å². The molecule has 0 spiro atoms. The molecule has 0 aliphatic rings. The Labute approximate surface area is 99.7 Å². The zero-order chi connectivity index (χ0) is 12.1. The van der Waals surface area contributed by atoms with Crippen LogP contribution in [0.1, 0.15) is 18.5 Å². The molecule has 0 radical (unpaired) electrons. The molecule has 0 saturated heterocycles. The number of halogens is 1. The molecule has 1 rings (SSSR count). The number of hydrogen-bond acceptors (Lipinski definition) is 2. The molecule has 16 heavy (non-hydrogen) atoms. The van der Waals surface area contributed by atoms with E-state index in [-0.39, 0.29) is 18.2 Å². The second kappa shape index (κ2) is 5.68. The van der Waals surface area contributed by atoms with Gasteiger partial charge in [0.15, 0.2) is 0 Å². The van der Waals surface area contributed by atoms with Gasteiger partial charge in [-0.1, -0.05) is 30.3 Å². The van der Waals surface area contributed by atoms with E-state index in [2.05, 4.69) is 11.9 Å². The molecule has 0 amide bonds. The zero-order valence-corrected chi connectivity index (χ0v) is 9.79. The maximum atomic E-state index is 10.5. The highest BCUT2D eigenvalue weighted by Gasteiger charge is 2.08. The van der Waals surface area contributed by atoms with E-state index < -0.39 is 5.97 Å². The van der Waals surface area contributed by atoms with Crippen molar-refractivity contribution in [2.24, 2.45) is 0 Å². The summed E-state index contributed by atoms with van der Waals surface area (Å²) >= 11 is 5.77. The molecule has 1 aromatic rings. The van der Waals surface area contributed by atoms with E-state index in [0.717, 1.165) is 5.56 Å². The van der Waals surface area contributed by atoms with Gasteiger partial charge in [-0.15, -0.1) is 0 Å². The molecule has 2 N–H and O–H groups in total. The van der Waals surface area contributed by atoms with Gasteiger partial charge < -0.3 is 10.4 Å². The smallest absolute Gasteiger partial charge is 0.332 e. The van der Waals surface area contributed by atoms with Crippen molar-refractivity contribution in [2.45, 2.75) is 13.0 Å². The molecule has 0 bridgehead atoms. The van der Waals surface area contributed by atoms with E-state index in [0.29, 0.717) is 5.02 Å². The van der Waals surface area contributed by atoms with E-state index in [1.165, 1.54) is 0 Å². The fourth-order valence-corrected chi connectivity index (χ4v) is 1.35. The van der Waals surface area contributed by atoms with Crippen molar-refractivity contribution in [3.05, 3.63) is 47.0 Å². The van der Waals surface area contributed by atoms with Crippen LogP contribution in [0, 0.1) is 0 Å². The molecule has 0 heterocycles. The Kier molecular flexibility index (Phi) is 4.52. The number of rotatable bonds is 5. The standard InChI is InChI=1S/C12H14ClNO2/c1-8(12(15)16)7-14-9(2)10-3-5-11(13)6-4-10/h3-6,9,14H,1,7H2,2H3,(H,15,16). The summed E-state index contributed by atoms with van der Waals surface area (Å²) < 4.78 is 0. The number of hydrogen-bond donors (Lipinski definition) is 2. The number of carboxylic acids is 1. The van der Waals surface area contributed by atoms with Crippen molar-refractivity contribution in [3.63, 3.8) is 0 Å². The van der Waals surface area contributed by atoms with E-state index >= 15 is 0 Å². The molecular weight excluding hydrogens is 226 g/mol. The average molecular weight is 240 g/mol. The highest BCUT2D eigenvalue weighted by Crippen LogP contribution is 2.15. The van der Waals surface area contributed by atoms with E-state index in [9.17, 15) is 4.79 Å². The summed E-state index contributed by atoms with van der Waals surface area (Å²) in [5.74, 6) is -0.976. The first-order valence-electron chi connectivity index (χ1n) is 4.90. The van der Waals surface area contributed by atoms with Crippen molar-refractivity contribution in [1.82, 2.24) is 5.32 Å². The molecule has 86 valence electrons. The van der Waals surface area contributed by atoms with Crippen molar-refractivity contribution in [2.75, 3.05) is 6.54 Å². The summed E-state index contributed by atoms with van der Waals surface area (Å²) in [5.41, 5.74) is 1.21. The Balaban J connectivity index is 2.52. The number of benzene rings is 1. The third-order valence-electron chi connectivity index (χ3n) is 2.29. The average Bonchev–Trinajstić information content (AvgIpc) is 2.26. The third-order valence-corrected chi connectivity index (χ3v) is 2.55. The second-order valence-electron chi connectivity index (χ2n) is 3.56. The molecule has 1 unspecified atom stereocenters. The van der Waals surface area contributed by atoms with Crippen LogP contribution >= 0.6 is 11.6 Å². The number of aliphatic carboxylic acids is 1. The van der Waals surface area contributed by atoms with Gasteiger partial charge in [-0.05, 0) is 24.6 Å². The summed E-state index contributed by atoms with van der Waals surface area (Å²) in [6, 6.07) is 7.49. The van der Waals surface area contributed by atoms with Crippen LogP contribution in [0.5, 0.6) is 0 Å². The summed E-state index contributed by atoms with van der Waals surface area (Å²) in [5, 5.41) is 12.4. The van der Waals surface area contributed by atoms with Crippen LogP contribution in [0.2, 0.25) is 5.02 Å². The predicted octanol–water partition coefficient (Wildman–Crippen LogP) is 2.63. The Morgan fingerprint density at radius 1 is 1.50 bits per heavy atom. The number of nitrogens with one attached hydrogen (secondary N) is 1. The van der Waals surface area contributed by atoms with Crippen LogP contribution < -0.4 is 5.32 Å². The first kappa shape index (κ1) is 12.7. The lowest BCUT2D eigenvalue weighted by atomic mass is 10.1. The van der Waals surface area contributed by atoms with Gasteiger partial charge in [0, 0.05) is 23.2 Å². The van der Waals surface area contributed by atoms with Crippen LogP contribution in [0.25, 0.3) is 0 Å². The lowest BCUT2D eigenvalue weighted by Crippen LogP contribution is -2.23. The summed E-state index contributed by atoms with van der Waals surface area (Å²) in [6.07, 6.45) is 0. The Morgan fingerprint density at radius 2 is 2.06 bits per heavy atom. The Bertz CT molecular complexity index is 387. The van der Waals surface area contributed by atoms with E-state index in [1.807, 2.05) is 19.1 Å². The molecule has 0 saturated carbocycles. The first-order valence-corrected chi connectivity index (χ1v) is 5.28. The lowest BCUT2D eigenvalue weighted by Gasteiger charge is -2.14. The summed E-state index contributed by atoms with van der Waals surface area (Å²) in [6.45, 7) is 5.67. The van der Waals surface area contributed by atoms with Crippen molar-refractivity contribution in [3.8, 4) is 0 Å².